The highest BCUT2D eigenvalue weighted by atomic mass is 16.5. The third kappa shape index (κ3) is 3.37. The summed E-state index contributed by atoms with van der Waals surface area (Å²) in [5, 5.41) is 3.37. The minimum absolute atomic E-state index is 0.886. The van der Waals surface area contributed by atoms with E-state index in [1.165, 1.54) is 16.8 Å². The molecule has 1 aliphatic heterocycles. The van der Waals surface area contributed by atoms with Gasteiger partial charge in [-0.2, -0.15) is 0 Å². The molecule has 21 heavy (non-hydrogen) atoms. The van der Waals surface area contributed by atoms with Gasteiger partial charge in [-0.1, -0.05) is 6.07 Å². The number of hydrogen-bond acceptors (Lipinski definition) is 3. The van der Waals surface area contributed by atoms with Gasteiger partial charge in [0.15, 0.2) is 0 Å². The van der Waals surface area contributed by atoms with Crippen molar-refractivity contribution in [1.29, 1.82) is 0 Å². The first kappa shape index (κ1) is 14.0. The molecule has 0 atom stereocenters. The molecular formula is C18H22N2O. The van der Waals surface area contributed by atoms with Gasteiger partial charge >= 0.3 is 0 Å². The molecule has 0 amide bonds. The van der Waals surface area contributed by atoms with E-state index in [1.54, 1.807) is 0 Å². The molecule has 1 aliphatic rings. The molecule has 3 rings (SSSR count). The first-order valence-electron chi connectivity index (χ1n) is 7.53. The molecule has 0 unspecified atom stereocenters. The summed E-state index contributed by atoms with van der Waals surface area (Å²) >= 11 is 0. The number of hydrogen-bond donors (Lipinski definition) is 1. The molecule has 110 valence electrons. The van der Waals surface area contributed by atoms with Gasteiger partial charge in [0.05, 0.1) is 0 Å². The number of anilines is 1. The first-order chi connectivity index (χ1) is 10.2. The van der Waals surface area contributed by atoms with Crippen molar-refractivity contribution in [3.05, 3.63) is 53.6 Å². The number of nitrogens with zero attached hydrogens (tertiary/aromatic N) is 1. The monoisotopic (exact) mass is 282 g/mol. The minimum Gasteiger partial charge on any atom is -0.457 e. The van der Waals surface area contributed by atoms with E-state index in [-0.39, 0.29) is 0 Å². The van der Waals surface area contributed by atoms with Crippen LogP contribution in [0.15, 0.2) is 42.5 Å². The summed E-state index contributed by atoms with van der Waals surface area (Å²) in [5.74, 6) is 1.78. The normalized spacial score (nSPS) is 15.0. The van der Waals surface area contributed by atoms with Crippen LogP contribution < -0.4 is 15.0 Å². The van der Waals surface area contributed by atoms with Crippen molar-refractivity contribution in [2.45, 2.75) is 13.8 Å². The van der Waals surface area contributed by atoms with Crippen molar-refractivity contribution in [1.82, 2.24) is 5.32 Å². The Labute approximate surface area is 126 Å². The maximum Gasteiger partial charge on any atom is 0.127 e. The third-order valence-corrected chi connectivity index (χ3v) is 4.03. The van der Waals surface area contributed by atoms with E-state index in [2.05, 4.69) is 48.3 Å². The predicted molar refractivity (Wildman–Crippen MR) is 87.5 cm³/mol. The highest BCUT2D eigenvalue weighted by molar-refractivity contribution is 5.50. The average molecular weight is 282 g/mol. The number of piperazine rings is 1. The largest absolute Gasteiger partial charge is 0.457 e. The van der Waals surface area contributed by atoms with Gasteiger partial charge in [0, 0.05) is 31.9 Å². The van der Waals surface area contributed by atoms with Crippen LogP contribution in [0.4, 0.5) is 5.69 Å². The van der Waals surface area contributed by atoms with E-state index in [9.17, 15) is 0 Å². The average Bonchev–Trinajstić information content (AvgIpc) is 2.53. The first-order valence-corrected chi connectivity index (χ1v) is 7.53. The van der Waals surface area contributed by atoms with Crippen molar-refractivity contribution < 1.29 is 4.74 Å². The van der Waals surface area contributed by atoms with Gasteiger partial charge in [-0.15, -0.1) is 0 Å². The van der Waals surface area contributed by atoms with Crippen molar-refractivity contribution in [2.24, 2.45) is 0 Å². The van der Waals surface area contributed by atoms with Gasteiger partial charge in [0.25, 0.3) is 0 Å². The molecule has 1 saturated heterocycles. The van der Waals surface area contributed by atoms with Gasteiger partial charge < -0.3 is 15.0 Å². The Morgan fingerprint density at radius 2 is 1.52 bits per heavy atom. The Balaban J connectivity index is 1.70. The Morgan fingerprint density at radius 1 is 0.857 bits per heavy atom. The van der Waals surface area contributed by atoms with Crippen LogP contribution in [0, 0.1) is 13.8 Å². The lowest BCUT2D eigenvalue weighted by Gasteiger charge is -2.29. The molecule has 1 heterocycles. The molecule has 0 aliphatic carbocycles. The zero-order chi connectivity index (χ0) is 14.7. The van der Waals surface area contributed by atoms with Crippen LogP contribution in [0.1, 0.15) is 11.1 Å². The van der Waals surface area contributed by atoms with E-state index in [0.717, 1.165) is 37.7 Å². The Bertz CT molecular complexity index is 601. The van der Waals surface area contributed by atoms with Gasteiger partial charge in [-0.25, -0.2) is 0 Å². The molecular weight excluding hydrogens is 260 g/mol. The fraction of sp³-hybridized carbons (Fsp3) is 0.333. The van der Waals surface area contributed by atoms with Crippen LogP contribution in [0.5, 0.6) is 11.5 Å². The van der Waals surface area contributed by atoms with Crippen LogP contribution in [0.2, 0.25) is 0 Å². The lowest BCUT2D eigenvalue weighted by atomic mass is 10.1. The van der Waals surface area contributed by atoms with Crippen molar-refractivity contribution in [3.8, 4) is 11.5 Å². The number of ether oxygens (including phenoxy) is 1. The summed E-state index contributed by atoms with van der Waals surface area (Å²) in [5.41, 5.74) is 3.81. The molecule has 1 fully saturated rings. The van der Waals surface area contributed by atoms with E-state index in [1.807, 2.05) is 18.2 Å². The number of rotatable bonds is 3. The molecule has 2 aromatic rings. The van der Waals surface area contributed by atoms with Crippen LogP contribution in [0.3, 0.4) is 0 Å². The molecule has 3 heteroatoms. The minimum atomic E-state index is 0.886. The molecule has 1 N–H and O–H groups in total. The Hall–Kier alpha value is -2.00. The quantitative estimate of drug-likeness (QED) is 0.932. The van der Waals surface area contributed by atoms with Crippen LogP contribution in [-0.4, -0.2) is 26.2 Å². The van der Waals surface area contributed by atoms with E-state index < -0.39 is 0 Å². The van der Waals surface area contributed by atoms with Crippen LogP contribution in [0.25, 0.3) is 0 Å². The zero-order valence-electron chi connectivity index (χ0n) is 12.7. The van der Waals surface area contributed by atoms with Crippen molar-refractivity contribution in [3.63, 3.8) is 0 Å². The standard InChI is InChI=1S/C18H22N2O/c1-14-3-6-18(13-15(14)2)21-17-7-4-16(5-8-17)20-11-9-19-10-12-20/h3-8,13,19H,9-12H2,1-2H3. The van der Waals surface area contributed by atoms with Gasteiger partial charge in [-0.05, 0) is 61.4 Å². The molecule has 3 nitrogen and oxygen atoms in total. The fourth-order valence-electron chi connectivity index (χ4n) is 2.56. The van der Waals surface area contributed by atoms with Crippen molar-refractivity contribution >= 4 is 5.69 Å². The number of nitrogens with one attached hydrogen (secondary N) is 1. The second kappa shape index (κ2) is 6.19. The van der Waals surface area contributed by atoms with Gasteiger partial charge in [-0.3, -0.25) is 0 Å². The smallest absolute Gasteiger partial charge is 0.127 e. The maximum absolute atomic E-state index is 5.93. The second-order valence-corrected chi connectivity index (χ2v) is 5.58. The van der Waals surface area contributed by atoms with Crippen LogP contribution in [-0.2, 0) is 0 Å². The highest BCUT2D eigenvalue weighted by Crippen LogP contribution is 2.26. The second-order valence-electron chi connectivity index (χ2n) is 5.58. The molecule has 2 aromatic carbocycles. The molecule has 0 bridgehead atoms. The molecule has 0 aromatic heterocycles. The van der Waals surface area contributed by atoms with Crippen molar-refractivity contribution in [2.75, 3.05) is 31.1 Å². The fourth-order valence-corrected chi connectivity index (χ4v) is 2.56. The third-order valence-electron chi connectivity index (χ3n) is 4.03. The Morgan fingerprint density at radius 3 is 2.19 bits per heavy atom. The SMILES string of the molecule is Cc1ccc(Oc2ccc(N3CCNCC3)cc2)cc1C. The van der Waals surface area contributed by atoms with E-state index >= 15 is 0 Å². The summed E-state index contributed by atoms with van der Waals surface area (Å²) in [6, 6.07) is 14.6. The van der Waals surface area contributed by atoms with E-state index in [4.69, 9.17) is 4.74 Å². The summed E-state index contributed by atoms with van der Waals surface area (Å²) in [4.78, 5) is 2.40. The molecule has 0 radical (unpaired) electrons. The van der Waals surface area contributed by atoms with Gasteiger partial charge in [0.2, 0.25) is 0 Å². The lowest BCUT2D eigenvalue weighted by molar-refractivity contribution is 0.482. The van der Waals surface area contributed by atoms with E-state index in [0.29, 0.717) is 0 Å². The van der Waals surface area contributed by atoms with Crippen LogP contribution >= 0.6 is 0 Å². The molecule has 0 saturated carbocycles. The topological polar surface area (TPSA) is 24.5 Å². The summed E-state index contributed by atoms with van der Waals surface area (Å²) in [6.07, 6.45) is 0. The highest BCUT2D eigenvalue weighted by Gasteiger charge is 2.10. The number of benzene rings is 2. The summed E-state index contributed by atoms with van der Waals surface area (Å²) in [6.45, 7) is 8.47. The Kier molecular flexibility index (Phi) is 4.11. The van der Waals surface area contributed by atoms with Gasteiger partial charge in [0.1, 0.15) is 11.5 Å². The molecule has 0 spiro atoms. The lowest BCUT2D eigenvalue weighted by Crippen LogP contribution is -2.43. The number of aryl methyl sites for hydroxylation is 2. The zero-order valence-corrected chi connectivity index (χ0v) is 12.7. The summed E-state index contributed by atoms with van der Waals surface area (Å²) in [7, 11) is 0. The predicted octanol–water partition coefficient (Wildman–Crippen LogP) is 3.51. The summed E-state index contributed by atoms with van der Waals surface area (Å²) < 4.78 is 5.93. The maximum atomic E-state index is 5.93.